The second-order valence-corrected chi connectivity index (χ2v) is 10.8. The predicted molar refractivity (Wildman–Crippen MR) is 121 cm³/mol. The Labute approximate surface area is 183 Å². The number of anilines is 2. The fraction of sp³-hybridized carbons (Fsp3) is 0.417. The van der Waals surface area contributed by atoms with Crippen molar-refractivity contribution in [2.24, 2.45) is 5.92 Å². The van der Waals surface area contributed by atoms with Crippen LogP contribution in [0, 0.1) is 5.92 Å². The molecule has 2 aliphatic rings. The van der Waals surface area contributed by atoms with Crippen LogP contribution in [0.4, 0.5) is 11.4 Å². The summed E-state index contributed by atoms with van der Waals surface area (Å²) in [7, 11) is -3.67. The van der Waals surface area contributed by atoms with Crippen molar-refractivity contribution in [3.8, 4) is 0 Å². The number of nitrogens with one attached hydrogen (secondary N) is 1. The highest BCUT2D eigenvalue weighted by Crippen LogP contribution is 2.37. The summed E-state index contributed by atoms with van der Waals surface area (Å²) in [6.07, 6.45) is 3.28. The highest BCUT2D eigenvalue weighted by molar-refractivity contribution is 7.92. The van der Waals surface area contributed by atoms with Gasteiger partial charge < -0.3 is 10.2 Å². The van der Waals surface area contributed by atoms with E-state index in [4.69, 9.17) is 0 Å². The Kier molecular flexibility index (Phi) is 5.88. The normalized spacial score (nSPS) is 16.6. The summed E-state index contributed by atoms with van der Waals surface area (Å²) < 4.78 is 26.2. The topological polar surface area (TPSA) is 83.6 Å². The lowest BCUT2D eigenvalue weighted by Gasteiger charge is -2.18. The molecule has 0 bridgehead atoms. The molecular formula is C24H28N2O4S. The SMILES string of the molecule is CCc1cccc(NC(=O)C[C@H](C)S(=O)(=O)c2ccc3c(c2)CCN3C(=O)C2CC2)c1. The van der Waals surface area contributed by atoms with E-state index in [-0.39, 0.29) is 29.0 Å². The van der Waals surface area contributed by atoms with E-state index in [0.717, 1.165) is 36.1 Å². The average molecular weight is 441 g/mol. The number of hydrogen-bond acceptors (Lipinski definition) is 4. The number of fused-ring (bicyclic) bond motifs is 1. The van der Waals surface area contributed by atoms with Gasteiger partial charge in [-0.05, 0) is 74.1 Å². The summed E-state index contributed by atoms with van der Waals surface area (Å²) in [4.78, 5) is 26.9. The minimum atomic E-state index is -3.67. The zero-order valence-electron chi connectivity index (χ0n) is 17.9. The molecule has 4 rings (SSSR count). The molecule has 0 radical (unpaired) electrons. The van der Waals surface area contributed by atoms with Gasteiger partial charge in [0, 0.05) is 30.3 Å². The minimum Gasteiger partial charge on any atom is -0.326 e. The third-order valence-electron chi connectivity index (χ3n) is 6.09. The Morgan fingerprint density at radius 1 is 1.16 bits per heavy atom. The second kappa shape index (κ2) is 8.46. The number of benzene rings is 2. The number of rotatable bonds is 7. The molecule has 1 saturated carbocycles. The van der Waals surface area contributed by atoms with Gasteiger partial charge >= 0.3 is 0 Å². The number of sulfone groups is 1. The van der Waals surface area contributed by atoms with Crippen molar-refractivity contribution >= 4 is 33.0 Å². The van der Waals surface area contributed by atoms with Gasteiger partial charge in [-0.3, -0.25) is 9.59 Å². The largest absolute Gasteiger partial charge is 0.326 e. The molecule has 0 spiro atoms. The standard InChI is InChI=1S/C24H28N2O4S/c1-3-17-5-4-6-20(14-17)25-23(27)13-16(2)31(29,30)21-9-10-22-19(15-21)11-12-26(22)24(28)18-7-8-18/h4-6,9-10,14-16,18H,3,7-8,11-13H2,1-2H3,(H,25,27)/t16-/m0/s1. The number of carbonyl (C=O) groups is 2. The summed E-state index contributed by atoms with van der Waals surface area (Å²) in [5.74, 6) is -0.0517. The molecule has 1 aliphatic carbocycles. The van der Waals surface area contributed by atoms with Gasteiger partial charge in [0.25, 0.3) is 0 Å². The van der Waals surface area contributed by atoms with Gasteiger partial charge in [0.15, 0.2) is 9.84 Å². The van der Waals surface area contributed by atoms with Crippen LogP contribution in [-0.4, -0.2) is 32.0 Å². The van der Waals surface area contributed by atoms with Crippen molar-refractivity contribution in [3.05, 3.63) is 53.6 Å². The molecule has 1 N–H and O–H groups in total. The van der Waals surface area contributed by atoms with Crippen LogP contribution < -0.4 is 10.2 Å². The van der Waals surface area contributed by atoms with Crippen LogP contribution >= 0.6 is 0 Å². The van der Waals surface area contributed by atoms with Crippen molar-refractivity contribution in [1.82, 2.24) is 0 Å². The Morgan fingerprint density at radius 2 is 1.94 bits per heavy atom. The van der Waals surface area contributed by atoms with Crippen molar-refractivity contribution < 1.29 is 18.0 Å². The molecular weight excluding hydrogens is 412 g/mol. The van der Waals surface area contributed by atoms with Gasteiger partial charge in [-0.1, -0.05) is 19.1 Å². The molecule has 2 aromatic carbocycles. The summed E-state index contributed by atoms with van der Waals surface area (Å²) in [5.41, 5.74) is 3.47. The van der Waals surface area contributed by atoms with Crippen LogP contribution in [0.3, 0.4) is 0 Å². The summed E-state index contributed by atoms with van der Waals surface area (Å²) >= 11 is 0. The first-order valence-corrected chi connectivity index (χ1v) is 12.4. The quantitative estimate of drug-likeness (QED) is 0.711. The molecule has 7 heteroatoms. The molecule has 0 aromatic heterocycles. The van der Waals surface area contributed by atoms with Crippen molar-refractivity contribution in [2.45, 2.75) is 56.1 Å². The van der Waals surface area contributed by atoms with Crippen LogP contribution in [0.15, 0.2) is 47.4 Å². The lowest BCUT2D eigenvalue weighted by atomic mass is 10.1. The van der Waals surface area contributed by atoms with Crippen molar-refractivity contribution in [3.63, 3.8) is 0 Å². The van der Waals surface area contributed by atoms with E-state index in [2.05, 4.69) is 5.32 Å². The maximum atomic E-state index is 13.1. The van der Waals surface area contributed by atoms with E-state index in [9.17, 15) is 18.0 Å². The number of hydrogen-bond donors (Lipinski definition) is 1. The van der Waals surface area contributed by atoms with Gasteiger partial charge in [-0.2, -0.15) is 0 Å². The van der Waals surface area contributed by atoms with E-state index in [1.165, 1.54) is 0 Å². The lowest BCUT2D eigenvalue weighted by Crippen LogP contribution is -2.30. The fourth-order valence-electron chi connectivity index (χ4n) is 4.02. The fourth-order valence-corrected chi connectivity index (χ4v) is 5.42. The molecule has 164 valence electrons. The van der Waals surface area contributed by atoms with Crippen LogP contribution in [0.25, 0.3) is 0 Å². The molecule has 1 heterocycles. The van der Waals surface area contributed by atoms with E-state index in [0.29, 0.717) is 18.7 Å². The number of carbonyl (C=O) groups excluding carboxylic acids is 2. The molecule has 0 saturated heterocycles. The number of aryl methyl sites for hydroxylation is 1. The third-order valence-corrected chi connectivity index (χ3v) is 8.23. The highest BCUT2D eigenvalue weighted by atomic mass is 32.2. The van der Waals surface area contributed by atoms with Gasteiger partial charge in [0.1, 0.15) is 0 Å². The van der Waals surface area contributed by atoms with Gasteiger partial charge in [-0.15, -0.1) is 0 Å². The van der Waals surface area contributed by atoms with Crippen LogP contribution in [-0.2, 0) is 32.3 Å². The Bertz CT molecular complexity index is 1120. The van der Waals surface area contributed by atoms with Crippen LogP contribution in [0.1, 0.15) is 44.2 Å². The molecule has 31 heavy (non-hydrogen) atoms. The summed E-state index contributed by atoms with van der Waals surface area (Å²) in [6, 6.07) is 12.5. The number of amides is 2. The molecule has 1 fully saturated rings. The molecule has 2 amide bonds. The minimum absolute atomic E-state index is 0.123. The van der Waals surface area contributed by atoms with E-state index < -0.39 is 15.1 Å². The molecule has 6 nitrogen and oxygen atoms in total. The van der Waals surface area contributed by atoms with Gasteiger partial charge in [0.05, 0.1) is 10.1 Å². The molecule has 1 atom stereocenters. The number of nitrogens with zero attached hydrogens (tertiary/aromatic N) is 1. The summed E-state index contributed by atoms with van der Waals surface area (Å²) in [5, 5.41) is 1.94. The summed E-state index contributed by atoms with van der Waals surface area (Å²) in [6.45, 7) is 4.20. The highest BCUT2D eigenvalue weighted by Gasteiger charge is 2.37. The average Bonchev–Trinajstić information content (AvgIpc) is 3.52. The van der Waals surface area contributed by atoms with Crippen LogP contribution in [0.5, 0.6) is 0 Å². The molecule has 2 aromatic rings. The Hall–Kier alpha value is -2.67. The Morgan fingerprint density at radius 3 is 2.65 bits per heavy atom. The van der Waals surface area contributed by atoms with E-state index in [1.807, 2.05) is 25.1 Å². The Balaban J connectivity index is 1.45. The maximum absolute atomic E-state index is 13.1. The van der Waals surface area contributed by atoms with Crippen molar-refractivity contribution in [2.75, 3.05) is 16.8 Å². The zero-order chi connectivity index (χ0) is 22.2. The first-order chi connectivity index (χ1) is 14.8. The second-order valence-electron chi connectivity index (χ2n) is 8.47. The first-order valence-electron chi connectivity index (χ1n) is 10.9. The van der Waals surface area contributed by atoms with E-state index in [1.54, 1.807) is 36.1 Å². The monoisotopic (exact) mass is 440 g/mol. The predicted octanol–water partition coefficient (Wildman–Crippen LogP) is 3.74. The van der Waals surface area contributed by atoms with E-state index >= 15 is 0 Å². The lowest BCUT2D eigenvalue weighted by molar-refractivity contribution is -0.119. The van der Waals surface area contributed by atoms with Crippen molar-refractivity contribution in [1.29, 1.82) is 0 Å². The molecule has 0 unspecified atom stereocenters. The molecule has 1 aliphatic heterocycles. The van der Waals surface area contributed by atoms with Crippen LogP contribution in [0.2, 0.25) is 0 Å². The third kappa shape index (κ3) is 4.51. The smallest absolute Gasteiger partial charge is 0.230 e. The zero-order valence-corrected chi connectivity index (χ0v) is 18.7. The van der Waals surface area contributed by atoms with Gasteiger partial charge in [-0.25, -0.2) is 8.42 Å². The van der Waals surface area contributed by atoms with Gasteiger partial charge in [0.2, 0.25) is 11.8 Å². The first kappa shape index (κ1) is 21.6. The maximum Gasteiger partial charge on any atom is 0.230 e.